The van der Waals surface area contributed by atoms with Gasteiger partial charge in [-0.25, -0.2) is 0 Å². The van der Waals surface area contributed by atoms with E-state index >= 15 is 0 Å². The summed E-state index contributed by atoms with van der Waals surface area (Å²) in [5.41, 5.74) is 2.85. The van der Waals surface area contributed by atoms with Gasteiger partial charge in [-0.2, -0.15) is 0 Å². The average Bonchev–Trinajstić information content (AvgIpc) is 3.30. The van der Waals surface area contributed by atoms with Crippen LogP contribution in [0.4, 0.5) is 0 Å². The van der Waals surface area contributed by atoms with Gasteiger partial charge in [0, 0.05) is 35.9 Å². The Morgan fingerprint density at radius 2 is 2.07 bits per heavy atom. The summed E-state index contributed by atoms with van der Waals surface area (Å²) < 4.78 is 6.47. The third-order valence-corrected chi connectivity index (χ3v) is 11.2. The lowest BCUT2D eigenvalue weighted by Crippen LogP contribution is -2.49. The van der Waals surface area contributed by atoms with E-state index in [1.807, 2.05) is 27.0 Å². The van der Waals surface area contributed by atoms with E-state index in [1.54, 1.807) is 11.1 Å². The highest BCUT2D eigenvalue weighted by atomic mass is 32.2. The number of Topliss-reactive ketones (excluding diaryl/α,β-unsaturated/α-hetero) is 1. The van der Waals surface area contributed by atoms with Crippen molar-refractivity contribution in [2.75, 3.05) is 18.6 Å². The second-order valence-corrected chi connectivity index (χ2v) is 12.0. The van der Waals surface area contributed by atoms with Crippen LogP contribution in [-0.2, 0) is 9.53 Å². The Labute approximate surface area is 174 Å². The SMILES string of the molecule is C=C[C@](C)(C[C@@H](OC)[C@]1(C)C2=C(CC[C@H]1C)CCC21SCCS1)C(=O)CC. The molecule has 152 valence electrons. The van der Waals surface area contributed by atoms with E-state index in [2.05, 4.69) is 44.0 Å². The number of rotatable bonds is 7. The molecule has 0 aromatic carbocycles. The van der Waals surface area contributed by atoms with Gasteiger partial charge in [0.05, 0.1) is 10.2 Å². The molecule has 1 spiro atoms. The van der Waals surface area contributed by atoms with Crippen LogP contribution in [0.25, 0.3) is 0 Å². The van der Waals surface area contributed by atoms with Crippen LogP contribution < -0.4 is 0 Å². The zero-order valence-corrected chi connectivity index (χ0v) is 19.4. The van der Waals surface area contributed by atoms with Crippen molar-refractivity contribution < 1.29 is 9.53 Å². The second-order valence-electron chi connectivity index (χ2n) is 8.98. The summed E-state index contributed by atoms with van der Waals surface area (Å²) in [7, 11) is 1.84. The molecule has 0 saturated carbocycles. The predicted octanol–water partition coefficient (Wildman–Crippen LogP) is 6.27. The van der Waals surface area contributed by atoms with Crippen LogP contribution >= 0.6 is 23.5 Å². The van der Waals surface area contributed by atoms with Gasteiger partial charge in [-0.3, -0.25) is 4.79 Å². The zero-order valence-electron chi connectivity index (χ0n) is 17.7. The highest BCUT2D eigenvalue weighted by Gasteiger charge is 2.58. The molecule has 1 heterocycles. The third-order valence-electron chi connectivity index (χ3n) is 7.66. The molecule has 1 fully saturated rings. The van der Waals surface area contributed by atoms with E-state index < -0.39 is 5.41 Å². The molecule has 0 radical (unpaired) electrons. The van der Waals surface area contributed by atoms with Gasteiger partial charge < -0.3 is 4.74 Å². The maximum atomic E-state index is 12.7. The first-order valence-corrected chi connectivity index (χ1v) is 12.4. The number of ether oxygens (including phenoxy) is 1. The summed E-state index contributed by atoms with van der Waals surface area (Å²) in [5.74, 6) is 3.33. The first kappa shape index (κ1) is 21.5. The summed E-state index contributed by atoms with van der Waals surface area (Å²) in [6, 6.07) is 0. The number of hydrogen-bond donors (Lipinski definition) is 0. The van der Waals surface area contributed by atoms with Gasteiger partial charge in [0.15, 0.2) is 0 Å². The molecule has 0 N–H and O–H groups in total. The Morgan fingerprint density at radius 3 is 2.63 bits per heavy atom. The first-order valence-electron chi connectivity index (χ1n) is 10.5. The Morgan fingerprint density at radius 1 is 1.41 bits per heavy atom. The molecule has 27 heavy (non-hydrogen) atoms. The van der Waals surface area contributed by atoms with Gasteiger partial charge in [0.2, 0.25) is 0 Å². The number of carbonyl (C=O) groups is 1. The fraction of sp³-hybridized carbons (Fsp3) is 0.783. The lowest BCUT2D eigenvalue weighted by atomic mass is 9.59. The fourth-order valence-corrected chi connectivity index (χ4v) is 9.34. The van der Waals surface area contributed by atoms with Crippen LogP contribution in [0, 0.1) is 16.7 Å². The van der Waals surface area contributed by atoms with Gasteiger partial charge in [0.25, 0.3) is 0 Å². The summed E-state index contributed by atoms with van der Waals surface area (Å²) in [4.78, 5) is 12.7. The topological polar surface area (TPSA) is 26.3 Å². The van der Waals surface area contributed by atoms with E-state index in [-0.39, 0.29) is 21.4 Å². The van der Waals surface area contributed by atoms with Gasteiger partial charge in [0.1, 0.15) is 5.78 Å². The fourth-order valence-electron chi connectivity index (χ4n) is 5.67. The van der Waals surface area contributed by atoms with Crippen LogP contribution in [0.5, 0.6) is 0 Å². The highest BCUT2D eigenvalue weighted by Crippen LogP contribution is 2.67. The molecule has 0 amide bonds. The van der Waals surface area contributed by atoms with Gasteiger partial charge in [-0.1, -0.05) is 32.4 Å². The molecule has 3 rings (SSSR count). The standard InChI is InChI=1S/C23H36O2S2/c1-7-18(24)21(4,8-2)15-19(25-6)22(5)16(3)9-10-17-11-12-23(20(17)22)26-13-14-27-23/h8,16,19H,2,7,9-15H2,1,3-6H3/t16-,19-,21-,22-/m1/s1. The quantitative estimate of drug-likeness (QED) is 0.464. The minimum absolute atomic E-state index is 0.0124. The lowest BCUT2D eigenvalue weighted by Gasteiger charge is -2.51. The summed E-state index contributed by atoms with van der Waals surface area (Å²) >= 11 is 4.33. The number of fused-ring (bicyclic) bond motifs is 1. The van der Waals surface area contributed by atoms with Crippen LogP contribution in [0.15, 0.2) is 23.8 Å². The van der Waals surface area contributed by atoms with Crippen molar-refractivity contribution in [2.24, 2.45) is 16.7 Å². The van der Waals surface area contributed by atoms with Crippen molar-refractivity contribution in [1.29, 1.82) is 0 Å². The van der Waals surface area contributed by atoms with E-state index in [4.69, 9.17) is 4.74 Å². The largest absolute Gasteiger partial charge is 0.380 e. The molecular formula is C23H36O2S2. The smallest absolute Gasteiger partial charge is 0.142 e. The minimum Gasteiger partial charge on any atom is -0.380 e. The van der Waals surface area contributed by atoms with E-state index in [1.165, 1.54) is 37.2 Å². The molecule has 0 bridgehead atoms. The van der Waals surface area contributed by atoms with Gasteiger partial charge in [-0.15, -0.1) is 30.1 Å². The monoisotopic (exact) mass is 408 g/mol. The molecule has 0 aromatic heterocycles. The number of methoxy groups -OCH3 is 1. The normalized spacial score (nSPS) is 33.0. The highest BCUT2D eigenvalue weighted by molar-refractivity contribution is 8.21. The van der Waals surface area contributed by atoms with Crippen molar-refractivity contribution in [3.05, 3.63) is 23.8 Å². The number of hydrogen-bond acceptors (Lipinski definition) is 4. The molecule has 0 unspecified atom stereocenters. The molecule has 2 nitrogen and oxygen atoms in total. The Hall–Kier alpha value is -0.190. The number of ketones is 1. The van der Waals surface area contributed by atoms with Crippen molar-refractivity contribution in [2.45, 2.75) is 76.4 Å². The Balaban J connectivity index is 2.03. The van der Waals surface area contributed by atoms with Crippen molar-refractivity contribution in [1.82, 2.24) is 0 Å². The minimum atomic E-state index is -0.516. The molecule has 1 saturated heterocycles. The van der Waals surface area contributed by atoms with E-state index in [0.29, 0.717) is 12.3 Å². The van der Waals surface area contributed by atoms with Crippen molar-refractivity contribution in [3.63, 3.8) is 0 Å². The molecule has 0 aromatic rings. The van der Waals surface area contributed by atoms with Crippen molar-refractivity contribution in [3.8, 4) is 0 Å². The first-order chi connectivity index (χ1) is 12.8. The van der Waals surface area contributed by atoms with Gasteiger partial charge >= 0.3 is 0 Å². The summed E-state index contributed by atoms with van der Waals surface area (Å²) in [5, 5.41) is 0. The molecule has 1 aliphatic heterocycles. The second kappa shape index (κ2) is 7.91. The molecule has 3 aliphatic rings. The maximum absolute atomic E-state index is 12.7. The zero-order chi connectivity index (χ0) is 19.9. The van der Waals surface area contributed by atoms with Gasteiger partial charge in [-0.05, 0) is 50.5 Å². The predicted molar refractivity (Wildman–Crippen MR) is 119 cm³/mol. The van der Waals surface area contributed by atoms with Crippen LogP contribution in [0.2, 0.25) is 0 Å². The lowest BCUT2D eigenvalue weighted by molar-refractivity contribution is -0.128. The number of carbonyl (C=O) groups excluding carboxylic acids is 1. The molecule has 4 heteroatoms. The molecule has 2 aliphatic carbocycles. The van der Waals surface area contributed by atoms with Crippen LogP contribution in [-0.4, -0.2) is 34.6 Å². The Kier molecular flexibility index (Phi) is 6.31. The van der Waals surface area contributed by atoms with Crippen LogP contribution in [0.1, 0.15) is 66.2 Å². The summed E-state index contributed by atoms with van der Waals surface area (Å²) in [6.45, 7) is 12.9. The number of thioether (sulfide) groups is 2. The Bertz CT molecular complexity index is 634. The number of allylic oxidation sites excluding steroid dienone is 2. The average molecular weight is 409 g/mol. The molecule has 4 atom stereocenters. The molecular weight excluding hydrogens is 372 g/mol. The maximum Gasteiger partial charge on any atom is 0.142 e. The summed E-state index contributed by atoms with van der Waals surface area (Å²) in [6.07, 6.45) is 8.18. The van der Waals surface area contributed by atoms with E-state index in [9.17, 15) is 4.79 Å². The third kappa shape index (κ3) is 3.38. The van der Waals surface area contributed by atoms with Crippen molar-refractivity contribution >= 4 is 29.3 Å². The van der Waals surface area contributed by atoms with E-state index in [0.717, 1.165) is 6.42 Å². The van der Waals surface area contributed by atoms with Crippen LogP contribution in [0.3, 0.4) is 0 Å².